The Balaban J connectivity index is 1.53. The highest BCUT2D eigenvalue weighted by Crippen LogP contribution is 2.36. The van der Waals surface area contributed by atoms with Gasteiger partial charge in [0.1, 0.15) is 17.1 Å². The zero-order valence-corrected chi connectivity index (χ0v) is 17.9. The molecular formula is C23H29N3O4. The molecule has 160 valence electrons. The van der Waals surface area contributed by atoms with Crippen LogP contribution in [0.15, 0.2) is 33.5 Å². The molecule has 7 heteroatoms. The largest absolute Gasteiger partial charge is 0.494 e. The number of benzene rings is 1. The minimum absolute atomic E-state index is 0.0447. The van der Waals surface area contributed by atoms with Crippen molar-refractivity contribution < 1.29 is 13.9 Å². The first-order valence-electron chi connectivity index (χ1n) is 10.5. The molecule has 2 heterocycles. The number of likely N-dealkylation sites (N-methyl/N-ethyl adjacent to an activating group) is 1. The second kappa shape index (κ2) is 8.52. The molecule has 1 saturated carbocycles. The maximum atomic E-state index is 12.9. The average Bonchev–Trinajstić information content (AvgIpc) is 2.67. The number of hydrogen-bond acceptors (Lipinski definition) is 6. The van der Waals surface area contributed by atoms with Crippen LogP contribution in [0, 0.1) is 6.92 Å². The van der Waals surface area contributed by atoms with Crippen molar-refractivity contribution in [1.29, 1.82) is 0 Å². The Labute approximate surface area is 176 Å². The van der Waals surface area contributed by atoms with Gasteiger partial charge in [0.25, 0.3) is 5.91 Å². The molecule has 30 heavy (non-hydrogen) atoms. The minimum Gasteiger partial charge on any atom is -0.494 e. The van der Waals surface area contributed by atoms with Gasteiger partial charge in [-0.25, -0.2) is 4.79 Å². The average molecular weight is 412 g/mol. The van der Waals surface area contributed by atoms with Crippen molar-refractivity contribution in [2.75, 3.05) is 50.6 Å². The Morgan fingerprint density at radius 2 is 1.90 bits per heavy atom. The number of methoxy groups -OCH3 is 1. The summed E-state index contributed by atoms with van der Waals surface area (Å²) in [5.41, 5.74) is 1.69. The Kier molecular flexibility index (Phi) is 5.81. The highest BCUT2D eigenvalue weighted by molar-refractivity contribution is 6.05. The van der Waals surface area contributed by atoms with Crippen LogP contribution in [0.4, 0.5) is 11.4 Å². The lowest BCUT2D eigenvalue weighted by Gasteiger charge is -2.34. The molecule has 2 aromatic rings. The summed E-state index contributed by atoms with van der Waals surface area (Å²) in [7, 11) is 3.69. The van der Waals surface area contributed by atoms with E-state index in [0.717, 1.165) is 51.1 Å². The molecule has 2 fully saturated rings. The summed E-state index contributed by atoms with van der Waals surface area (Å²) in [6.45, 7) is 5.68. The SMILES string of the molecule is COc1cc(N2CCN(C)CC2)ccc1NC(=O)c1c(C)cc(C2CCC2)oc1=O. The molecule has 0 radical (unpaired) electrons. The Morgan fingerprint density at radius 1 is 1.17 bits per heavy atom. The third kappa shape index (κ3) is 4.07. The van der Waals surface area contributed by atoms with Gasteiger partial charge in [0, 0.05) is 43.9 Å². The van der Waals surface area contributed by atoms with Gasteiger partial charge in [-0.3, -0.25) is 4.79 Å². The zero-order chi connectivity index (χ0) is 21.3. The number of piperazine rings is 1. The van der Waals surface area contributed by atoms with Crippen LogP contribution in [0.1, 0.15) is 46.9 Å². The number of nitrogens with one attached hydrogen (secondary N) is 1. The fourth-order valence-corrected chi connectivity index (χ4v) is 4.03. The molecule has 1 aromatic heterocycles. The van der Waals surface area contributed by atoms with Crippen LogP contribution < -0.4 is 20.6 Å². The van der Waals surface area contributed by atoms with Crippen molar-refractivity contribution in [2.45, 2.75) is 32.1 Å². The van der Waals surface area contributed by atoms with Crippen LogP contribution in [-0.2, 0) is 0 Å². The molecular weight excluding hydrogens is 382 g/mol. The third-order valence-electron chi connectivity index (χ3n) is 6.20. The quantitative estimate of drug-likeness (QED) is 0.814. The number of aryl methyl sites for hydroxylation is 1. The summed E-state index contributed by atoms with van der Waals surface area (Å²) in [6.07, 6.45) is 3.22. The number of amides is 1. The molecule has 0 bridgehead atoms. The van der Waals surface area contributed by atoms with Crippen LogP contribution in [0.25, 0.3) is 0 Å². The molecule has 1 aliphatic carbocycles. The summed E-state index contributed by atoms with van der Waals surface area (Å²) in [5.74, 6) is 1.07. The highest BCUT2D eigenvalue weighted by atomic mass is 16.5. The van der Waals surface area contributed by atoms with Crippen LogP contribution in [0.3, 0.4) is 0 Å². The van der Waals surface area contributed by atoms with Crippen molar-refractivity contribution >= 4 is 17.3 Å². The fraction of sp³-hybridized carbons (Fsp3) is 0.478. The molecule has 1 N–H and O–H groups in total. The number of ether oxygens (including phenoxy) is 1. The molecule has 0 atom stereocenters. The predicted octanol–water partition coefficient (Wildman–Crippen LogP) is 3.23. The van der Waals surface area contributed by atoms with E-state index in [0.29, 0.717) is 28.7 Å². The standard InChI is InChI=1S/C23H29N3O4/c1-15-13-19(16-5-4-6-16)30-23(28)21(15)22(27)24-18-8-7-17(14-20(18)29-3)26-11-9-25(2)10-12-26/h7-8,13-14,16H,4-6,9-12H2,1-3H3,(H,24,27). The van der Waals surface area contributed by atoms with E-state index in [4.69, 9.17) is 9.15 Å². The second-order valence-corrected chi connectivity index (χ2v) is 8.25. The number of rotatable bonds is 5. The highest BCUT2D eigenvalue weighted by Gasteiger charge is 2.25. The molecule has 7 nitrogen and oxygen atoms in total. The lowest BCUT2D eigenvalue weighted by molar-refractivity contribution is 0.102. The summed E-state index contributed by atoms with van der Waals surface area (Å²) in [4.78, 5) is 30.0. The molecule has 1 aromatic carbocycles. The van der Waals surface area contributed by atoms with E-state index in [1.165, 1.54) is 0 Å². The summed E-state index contributed by atoms with van der Waals surface area (Å²) in [5, 5.41) is 2.82. The molecule has 1 aliphatic heterocycles. The van der Waals surface area contributed by atoms with Gasteiger partial charge in [-0.15, -0.1) is 0 Å². The van der Waals surface area contributed by atoms with E-state index >= 15 is 0 Å². The van der Waals surface area contributed by atoms with E-state index < -0.39 is 11.5 Å². The first-order chi connectivity index (χ1) is 14.5. The van der Waals surface area contributed by atoms with Crippen molar-refractivity contribution in [3.8, 4) is 5.75 Å². The van der Waals surface area contributed by atoms with E-state index in [2.05, 4.69) is 22.2 Å². The summed E-state index contributed by atoms with van der Waals surface area (Å²) < 4.78 is 11.0. The third-order valence-corrected chi connectivity index (χ3v) is 6.20. The van der Waals surface area contributed by atoms with Crippen molar-refractivity contribution in [3.05, 3.63) is 51.6 Å². The van der Waals surface area contributed by atoms with E-state index in [1.54, 1.807) is 14.0 Å². The monoisotopic (exact) mass is 411 g/mol. The van der Waals surface area contributed by atoms with E-state index in [-0.39, 0.29) is 5.56 Å². The fourth-order valence-electron chi connectivity index (χ4n) is 4.03. The van der Waals surface area contributed by atoms with E-state index in [1.807, 2.05) is 24.3 Å². The summed E-state index contributed by atoms with van der Waals surface area (Å²) in [6, 6.07) is 7.55. The van der Waals surface area contributed by atoms with Gasteiger partial charge in [0.2, 0.25) is 0 Å². The van der Waals surface area contributed by atoms with Crippen molar-refractivity contribution in [2.24, 2.45) is 0 Å². The van der Waals surface area contributed by atoms with E-state index in [9.17, 15) is 9.59 Å². The van der Waals surface area contributed by atoms with Gasteiger partial charge >= 0.3 is 5.63 Å². The maximum Gasteiger partial charge on any atom is 0.349 e. The first kappa shape index (κ1) is 20.5. The molecule has 1 amide bonds. The minimum atomic E-state index is -0.581. The predicted molar refractivity (Wildman–Crippen MR) is 117 cm³/mol. The van der Waals surface area contributed by atoms with Gasteiger partial charge < -0.3 is 24.3 Å². The molecule has 0 spiro atoms. The number of anilines is 2. The summed E-state index contributed by atoms with van der Waals surface area (Å²) >= 11 is 0. The van der Waals surface area contributed by atoms with Crippen molar-refractivity contribution in [3.63, 3.8) is 0 Å². The van der Waals surface area contributed by atoms with Crippen LogP contribution in [-0.4, -0.2) is 51.1 Å². The lowest BCUT2D eigenvalue weighted by Crippen LogP contribution is -2.44. The topological polar surface area (TPSA) is 75.0 Å². The maximum absolute atomic E-state index is 12.9. The van der Waals surface area contributed by atoms with Gasteiger partial charge in [0.15, 0.2) is 0 Å². The Morgan fingerprint density at radius 3 is 2.50 bits per heavy atom. The number of hydrogen-bond donors (Lipinski definition) is 1. The molecule has 0 unspecified atom stereocenters. The van der Waals surface area contributed by atoms with Gasteiger partial charge in [-0.05, 0) is 50.6 Å². The van der Waals surface area contributed by atoms with Crippen LogP contribution >= 0.6 is 0 Å². The van der Waals surface area contributed by atoms with Gasteiger partial charge in [0.05, 0.1) is 12.8 Å². The molecule has 2 aliphatic rings. The molecule has 1 saturated heterocycles. The van der Waals surface area contributed by atoms with Gasteiger partial charge in [-0.1, -0.05) is 6.42 Å². The first-order valence-corrected chi connectivity index (χ1v) is 10.5. The Hall–Kier alpha value is -2.80. The Bertz CT molecular complexity index is 988. The smallest absolute Gasteiger partial charge is 0.349 e. The van der Waals surface area contributed by atoms with Crippen LogP contribution in [0.5, 0.6) is 5.75 Å². The molecule has 4 rings (SSSR count). The lowest BCUT2D eigenvalue weighted by atomic mass is 9.83. The second-order valence-electron chi connectivity index (χ2n) is 8.25. The van der Waals surface area contributed by atoms with Crippen LogP contribution in [0.2, 0.25) is 0 Å². The normalized spacial score (nSPS) is 17.5. The van der Waals surface area contributed by atoms with Gasteiger partial charge in [-0.2, -0.15) is 0 Å². The number of carbonyl (C=O) groups excluding carboxylic acids is 1. The van der Waals surface area contributed by atoms with Crippen molar-refractivity contribution in [1.82, 2.24) is 4.90 Å². The number of nitrogens with zero attached hydrogens (tertiary/aromatic N) is 2. The number of carbonyl (C=O) groups is 1. The zero-order valence-electron chi connectivity index (χ0n) is 17.9.